The van der Waals surface area contributed by atoms with E-state index in [1.165, 1.54) is 12.5 Å². The molecule has 1 aliphatic heterocycles. The normalized spacial score (nSPS) is 22.3. The van der Waals surface area contributed by atoms with Crippen LogP contribution in [0.2, 0.25) is 0 Å². The van der Waals surface area contributed by atoms with Crippen molar-refractivity contribution in [2.24, 2.45) is 0 Å². The number of hydrogen-bond acceptors (Lipinski definition) is 6. The fraction of sp³-hybridized carbons (Fsp3) is 0.586. The lowest BCUT2D eigenvalue weighted by atomic mass is 9.93. The van der Waals surface area contributed by atoms with Crippen LogP contribution in [0.25, 0.3) is 22.2 Å². The second-order valence-electron chi connectivity index (χ2n) is 11.1. The Hall–Kier alpha value is -2.69. The molecule has 0 bridgehead atoms. The van der Waals surface area contributed by atoms with Gasteiger partial charge in [-0.1, -0.05) is 31.2 Å². The van der Waals surface area contributed by atoms with E-state index in [2.05, 4.69) is 62.1 Å². The fourth-order valence-electron chi connectivity index (χ4n) is 5.87. The minimum absolute atomic E-state index is 0.168. The van der Waals surface area contributed by atoms with Crippen molar-refractivity contribution >= 4 is 17.0 Å². The van der Waals surface area contributed by atoms with Gasteiger partial charge in [0.15, 0.2) is 0 Å². The third-order valence-electron chi connectivity index (χ3n) is 8.13. The molecule has 7 nitrogen and oxygen atoms in total. The van der Waals surface area contributed by atoms with Gasteiger partial charge in [0.2, 0.25) is 5.95 Å². The SMILES string of the molecule is CCN1CCN(Cc2ccc(-c3cn(C4CCC(O)CC4)c4nc(N[C@@H](C)CC(F)(F)F)ncc34)cc2)CC1. The highest BCUT2D eigenvalue weighted by atomic mass is 19.4. The number of hydrogen-bond donors (Lipinski definition) is 2. The van der Waals surface area contributed by atoms with Crippen LogP contribution in [0.3, 0.4) is 0 Å². The molecule has 39 heavy (non-hydrogen) atoms. The lowest BCUT2D eigenvalue weighted by molar-refractivity contribution is -0.136. The van der Waals surface area contributed by atoms with E-state index in [0.717, 1.165) is 81.5 Å². The van der Waals surface area contributed by atoms with Crippen molar-refractivity contribution in [3.05, 3.63) is 42.2 Å². The molecule has 2 aliphatic rings. The van der Waals surface area contributed by atoms with Crippen LogP contribution in [0, 0.1) is 0 Å². The Kier molecular flexibility index (Phi) is 8.44. The minimum atomic E-state index is -4.26. The summed E-state index contributed by atoms with van der Waals surface area (Å²) in [5, 5.41) is 13.7. The first-order chi connectivity index (χ1) is 18.7. The zero-order valence-electron chi connectivity index (χ0n) is 22.8. The standard InChI is InChI=1S/C29H39F3N6O/c1-3-36-12-14-37(15-13-36)18-21-4-6-22(7-5-21)26-19-38(23-8-10-24(39)11-9-23)27-25(26)17-33-28(35-27)34-20(2)16-29(30,31)32/h4-7,17,19-20,23-24,39H,3,8-16,18H2,1-2H3,(H,33,34,35)/t20-,23?,24?/m0/s1. The maximum atomic E-state index is 12.9. The Bertz CT molecular complexity index is 1230. The highest BCUT2D eigenvalue weighted by Crippen LogP contribution is 2.37. The van der Waals surface area contributed by atoms with E-state index in [4.69, 9.17) is 4.98 Å². The number of aromatic nitrogens is 3. The molecular weight excluding hydrogens is 505 g/mol. The Morgan fingerprint density at radius 1 is 1.03 bits per heavy atom. The van der Waals surface area contributed by atoms with Crippen LogP contribution in [0.1, 0.15) is 57.6 Å². The van der Waals surface area contributed by atoms with E-state index < -0.39 is 18.6 Å². The molecule has 2 N–H and O–H groups in total. The van der Waals surface area contributed by atoms with E-state index in [1.54, 1.807) is 6.20 Å². The van der Waals surface area contributed by atoms with Gasteiger partial charge < -0.3 is 19.9 Å². The first-order valence-electron chi connectivity index (χ1n) is 14.1. The van der Waals surface area contributed by atoms with E-state index in [0.29, 0.717) is 5.65 Å². The number of rotatable bonds is 8. The maximum absolute atomic E-state index is 12.9. The zero-order valence-corrected chi connectivity index (χ0v) is 22.8. The highest BCUT2D eigenvalue weighted by molar-refractivity contribution is 5.94. The highest BCUT2D eigenvalue weighted by Gasteiger charge is 2.30. The summed E-state index contributed by atoms with van der Waals surface area (Å²) in [5.41, 5.74) is 4.05. The number of piperazine rings is 1. The Morgan fingerprint density at radius 3 is 2.33 bits per heavy atom. The van der Waals surface area contributed by atoms with E-state index in [9.17, 15) is 18.3 Å². The fourth-order valence-corrected chi connectivity index (χ4v) is 5.87. The summed E-state index contributed by atoms with van der Waals surface area (Å²) in [5.74, 6) is 0.194. The molecule has 3 aromatic rings. The number of alkyl halides is 3. The molecule has 1 saturated heterocycles. The van der Waals surface area contributed by atoms with Crippen molar-refractivity contribution < 1.29 is 18.3 Å². The smallest absolute Gasteiger partial charge is 0.391 e. The van der Waals surface area contributed by atoms with Crippen LogP contribution in [-0.2, 0) is 6.54 Å². The largest absolute Gasteiger partial charge is 0.393 e. The summed E-state index contributed by atoms with van der Waals surface area (Å²) in [4.78, 5) is 14.0. The number of aliphatic hydroxyl groups is 1. The van der Waals surface area contributed by atoms with Gasteiger partial charge >= 0.3 is 6.18 Å². The molecule has 1 saturated carbocycles. The summed E-state index contributed by atoms with van der Waals surface area (Å²) < 4.78 is 40.8. The molecule has 0 unspecified atom stereocenters. The first kappa shape index (κ1) is 27.9. The van der Waals surface area contributed by atoms with Gasteiger partial charge in [-0.25, -0.2) is 4.98 Å². The quantitative estimate of drug-likeness (QED) is 0.392. The number of likely N-dealkylation sites (N-methyl/N-ethyl adjacent to an activating group) is 1. The van der Waals surface area contributed by atoms with Gasteiger partial charge in [0.25, 0.3) is 0 Å². The number of benzene rings is 1. The third kappa shape index (κ3) is 6.91. The molecule has 3 heterocycles. The van der Waals surface area contributed by atoms with E-state index >= 15 is 0 Å². The Morgan fingerprint density at radius 2 is 1.69 bits per heavy atom. The molecular formula is C29H39F3N6O. The predicted octanol–water partition coefficient (Wildman–Crippen LogP) is 5.46. The zero-order chi connectivity index (χ0) is 27.6. The van der Waals surface area contributed by atoms with Crippen LogP contribution >= 0.6 is 0 Å². The molecule has 1 aromatic carbocycles. The van der Waals surface area contributed by atoms with Crippen molar-refractivity contribution in [2.45, 2.75) is 76.9 Å². The lowest BCUT2D eigenvalue weighted by Gasteiger charge is -2.34. The van der Waals surface area contributed by atoms with Gasteiger partial charge in [0.05, 0.1) is 12.5 Å². The maximum Gasteiger partial charge on any atom is 0.391 e. The predicted molar refractivity (Wildman–Crippen MR) is 148 cm³/mol. The number of fused-ring (bicyclic) bond motifs is 1. The van der Waals surface area contributed by atoms with Crippen LogP contribution in [0.15, 0.2) is 36.7 Å². The van der Waals surface area contributed by atoms with Crippen LogP contribution < -0.4 is 5.32 Å². The van der Waals surface area contributed by atoms with Gasteiger partial charge in [-0.3, -0.25) is 4.90 Å². The summed E-state index contributed by atoms with van der Waals surface area (Å²) in [6.45, 7) is 10.1. The van der Waals surface area contributed by atoms with Gasteiger partial charge in [0, 0.05) is 68.2 Å². The Balaban J connectivity index is 1.40. The number of halogens is 3. The monoisotopic (exact) mass is 544 g/mol. The lowest BCUT2D eigenvalue weighted by Crippen LogP contribution is -2.45. The van der Waals surface area contributed by atoms with Crippen molar-refractivity contribution in [3.8, 4) is 11.1 Å². The molecule has 5 rings (SSSR count). The van der Waals surface area contributed by atoms with Crippen molar-refractivity contribution in [1.82, 2.24) is 24.3 Å². The van der Waals surface area contributed by atoms with Gasteiger partial charge in [-0.15, -0.1) is 0 Å². The average Bonchev–Trinajstić information content (AvgIpc) is 3.28. The average molecular weight is 545 g/mol. The van der Waals surface area contributed by atoms with Gasteiger partial charge in [-0.05, 0) is 50.3 Å². The van der Waals surface area contributed by atoms with Gasteiger partial charge in [0.1, 0.15) is 5.65 Å². The molecule has 212 valence electrons. The van der Waals surface area contributed by atoms with E-state index in [-0.39, 0.29) is 18.1 Å². The topological polar surface area (TPSA) is 69.5 Å². The summed E-state index contributed by atoms with van der Waals surface area (Å²) >= 11 is 0. The molecule has 1 atom stereocenters. The number of nitrogens with zero attached hydrogens (tertiary/aromatic N) is 5. The summed E-state index contributed by atoms with van der Waals surface area (Å²) in [6.07, 6.45) is 1.41. The molecule has 0 radical (unpaired) electrons. The molecule has 10 heteroatoms. The van der Waals surface area contributed by atoms with Crippen molar-refractivity contribution in [3.63, 3.8) is 0 Å². The summed E-state index contributed by atoms with van der Waals surface area (Å²) in [6, 6.07) is 7.96. The summed E-state index contributed by atoms with van der Waals surface area (Å²) in [7, 11) is 0. The molecule has 2 fully saturated rings. The number of aliphatic hydroxyl groups excluding tert-OH is 1. The van der Waals surface area contributed by atoms with Crippen molar-refractivity contribution in [2.75, 3.05) is 38.0 Å². The molecule has 0 spiro atoms. The van der Waals surface area contributed by atoms with Crippen molar-refractivity contribution in [1.29, 1.82) is 0 Å². The van der Waals surface area contributed by atoms with E-state index in [1.807, 2.05) is 0 Å². The van der Waals surface area contributed by atoms with Gasteiger partial charge in [-0.2, -0.15) is 18.2 Å². The second-order valence-corrected chi connectivity index (χ2v) is 11.1. The number of anilines is 1. The first-order valence-corrected chi connectivity index (χ1v) is 14.1. The second kappa shape index (κ2) is 11.8. The molecule has 0 amide bonds. The molecule has 1 aliphatic carbocycles. The molecule has 2 aromatic heterocycles. The number of nitrogens with one attached hydrogen (secondary N) is 1. The third-order valence-corrected chi connectivity index (χ3v) is 8.13. The van der Waals surface area contributed by atoms with Crippen LogP contribution in [0.4, 0.5) is 19.1 Å². The van der Waals surface area contributed by atoms with Crippen LogP contribution in [0.5, 0.6) is 0 Å². The van der Waals surface area contributed by atoms with Crippen LogP contribution in [-0.4, -0.2) is 80.5 Å². The minimum Gasteiger partial charge on any atom is -0.393 e. The Labute approximate surface area is 228 Å².